The van der Waals surface area contributed by atoms with Crippen molar-refractivity contribution in [3.63, 3.8) is 0 Å². The van der Waals surface area contributed by atoms with Gasteiger partial charge in [-0.3, -0.25) is 9.59 Å². The summed E-state index contributed by atoms with van der Waals surface area (Å²) in [5.41, 5.74) is -0.299. The molecule has 0 saturated carbocycles. The van der Waals surface area contributed by atoms with E-state index in [1.165, 1.54) is 0 Å². The van der Waals surface area contributed by atoms with Crippen LogP contribution in [0.1, 0.15) is 33.1 Å². The maximum Gasteiger partial charge on any atom is 0.226 e. The van der Waals surface area contributed by atoms with Crippen molar-refractivity contribution >= 4 is 11.7 Å². The molecule has 0 aromatic rings. The van der Waals surface area contributed by atoms with E-state index in [0.717, 1.165) is 12.8 Å². The van der Waals surface area contributed by atoms with Gasteiger partial charge in [-0.25, -0.2) is 0 Å². The second-order valence-corrected chi connectivity index (χ2v) is 5.34. The number of Topliss-reactive ketones (excluding diaryl/α,β-unsaturated/α-hetero) is 1. The molecule has 4 nitrogen and oxygen atoms in total. The third kappa shape index (κ3) is 2.12. The topological polar surface area (TPSA) is 46.6 Å². The van der Waals surface area contributed by atoms with Crippen molar-refractivity contribution in [1.29, 1.82) is 0 Å². The van der Waals surface area contributed by atoms with E-state index >= 15 is 0 Å². The highest BCUT2D eigenvalue weighted by molar-refractivity contribution is 5.91. The number of amides is 1. The molecule has 0 aromatic heterocycles. The molecule has 0 unspecified atom stereocenters. The molecule has 2 fully saturated rings. The highest BCUT2D eigenvalue weighted by Gasteiger charge is 2.42. The van der Waals surface area contributed by atoms with Crippen LogP contribution in [0.3, 0.4) is 0 Å². The first-order valence-corrected chi connectivity index (χ1v) is 5.91. The molecule has 2 heterocycles. The lowest BCUT2D eigenvalue weighted by Crippen LogP contribution is -2.46. The van der Waals surface area contributed by atoms with Gasteiger partial charge in [0.05, 0.1) is 6.54 Å². The second-order valence-electron chi connectivity index (χ2n) is 5.34. The molecule has 0 radical (unpaired) electrons. The maximum atomic E-state index is 12.3. The monoisotopic (exact) mass is 225 g/mol. The lowest BCUT2D eigenvalue weighted by molar-refractivity contribution is -0.142. The van der Waals surface area contributed by atoms with Crippen LogP contribution in [0.5, 0.6) is 0 Å². The fourth-order valence-electron chi connectivity index (χ4n) is 2.57. The largest absolute Gasteiger partial charge is 0.381 e. The summed E-state index contributed by atoms with van der Waals surface area (Å²) in [6.07, 6.45) is 2.07. The van der Waals surface area contributed by atoms with Crippen LogP contribution in [0.15, 0.2) is 0 Å². The van der Waals surface area contributed by atoms with Gasteiger partial charge in [-0.05, 0) is 26.7 Å². The lowest BCUT2D eigenvalue weighted by atomic mass is 9.95. The van der Waals surface area contributed by atoms with Gasteiger partial charge in [-0.2, -0.15) is 0 Å². The normalized spacial score (nSPS) is 26.1. The summed E-state index contributed by atoms with van der Waals surface area (Å²) < 4.78 is 5.25. The summed E-state index contributed by atoms with van der Waals surface area (Å²) in [4.78, 5) is 25.5. The van der Waals surface area contributed by atoms with Gasteiger partial charge in [-0.1, -0.05) is 0 Å². The van der Waals surface area contributed by atoms with Crippen molar-refractivity contribution in [2.24, 2.45) is 5.92 Å². The number of hydrogen-bond donors (Lipinski definition) is 0. The zero-order valence-corrected chi connectivity index (χ0v) is 9.99. The number of hydrogen-bond acceptors (Lipinski definition) is 3. The van der Waals surface area contributed by atoms with Crippen LogP contribution >= 0.6 is 0 Å². The predicted octanol–water partition coefficient (Wildman–Crippen LogP) is 0.993. The Labute approximate surface area is 95.9 Å². The summed E-state index contributed by atoms with van der Waals surface area (Å²) in [7, 11) is 0. The minimum atomic E-state index is -0.299. The Morgan fingerprint density at radius 3 is 2.50 bits per heavy atom. The fraction of sp³-hybridized carbons (Fsp3) is 0.833. The number of ether oxygens (including phenoxy) is 1. The first-order chi connectivity index (χ1) is 7.50. The van der Waals surface area contributed by atoms with Gasteiger partial charge in [0.25, 0.3) is 0 Å². The van der Waals surface area contributed by atoms with Crippen molar-refractivity contribution in [3.05, 3.63) is 0 Å². The second kappa shape index (κ2) is 4.17. The van der Waals surface area contributed by atoms with Gasteiger partial charge in [0, 0.05) is 31.1 Å². The molecule has 2 aliphatic rings. The molecule has 4 heteroatoms. The molecule has 16 heavy (non-hydrogen) atoms. The lowest BCUT2D eigenvalue weighted by Gasteiger charge is -2.34. The van der Waals surface area contributed by atoms with E-state index in [1.807, 2.05) is 13.8 Å². The van der Waals surface area contributed by atoms with Crippen LogP contribution < -0.4 is 0 Å². The van der Waals surface area contributed by atoms with Gasteiger partial charge in [0.1, 0.15) is 0 Å². The summed E-state index contributed by atoms with van der Waals surface area (Å²) in [6.45, 7) is 5.56. The van der Waals surface area contributed by atoms with E-state index in [0.29, 0.717) is 26.2 Å². The third-order valence-corrected chi connectivity index (χ3v) is 3.53. The smallest absolute Gasteiger partial charge is 0.226 e. The Bertz CT molecular complexity index is 305. The molecule has 2 saturated heterocycles. The van der Waals surface area contributed by atoms with E-state index in [1.54, 1.807) is 4.90 Å². The molecule has 0 N–H and O–H groups in total. The van der Waals surface area contributed by atoms with Gasteiger partial charge in [0.2, 0.25) is 5.91 Å². The molecule has 0 atom stereocenters. The number of nitrogens with zero attached hydrogens (tertiary/aromatic N) is 1. The van der Waals surface area contributed by atoms with E-state index in [2.05, 4.69) is 0 Å². The van der Waals surface area contributed by atoms with Gasteiger partial charge in [-0.15, -0.1) is 0 Å². The Hall–Kier alpha value is -0.900. The average molecular weight is 225 g/mol. The molecule has 1 amide bonds. The first kappa shape index (κ1) is 11.6. The Morgan fingerprint density at radius 1 is 1.38 bits per heavy atom. The zero-order chi connectivity index (χ0) is 11.8. The molecule has 0 aromatic carbocycles. The molecule has 0 bridgehead atoms. The molecule has 0 aliphatic carbocycles. The van der Waals surface area contributed by atoms with Gasteiger partial charge >= 0.3 is 0 Å². The Kier molecular flexibility index (Phi) is 3.02. The highest BCUT2D eigenvalue weighted by atomic mass is 16.5. The van der Waals surface area contributed by atoms with Crippen molar-refractivity contribution in [3.8, 4) is 0 Å². The quantitative estimate of drug-likeness (QED) is 0.668. The molecular weight excluding hydrogens is 206 g/mol. The van der Waals surface area contributed by atoms with Crippen LogP contribution in [0.2, 0.25) is 0 Å². The Morgan fingerprint density at radius 2 is 2.00 bits per heavy atom. The standard InChI is InChI=1S/C12H19NO3/c1-12(2)7-10(14)8-13(12)11(15)9-3-5-16-6-4-9/h9H,3-8H2,1-2H3. The first-order valence-electron chi connectivity index (χ1n) is 5.91. The van der Waals surface area contributed by atoms with Crippen LogP contribution in [0.25, 0.3) is 0 Å². The minimum Gasteiger partial charge on any atom is -0.381 e. The third-order valence-electron chi connectivity index (χ3n) is 3.53. The van der Waals surface area contributed by atoms with Crippen molar-refractivity contribution in [2.75, 3.05) is 19.8 Å². The number of carbonyl (C=O) groups excluding carboxylic acids is 2. The summed E-state index contributed by atoms with van der Waals surface area (Å²) in [6, 6.07) is 0. The van der Waals surface area contributed by atoms with E-state index < -0.39 is 0 Å². The molecule has 2 rings (SSSR count). The van der Waals surface area contributed by atoms with E-state index in [9.17, 15) is 9.59 Å². The van der Waals surface area contributed by atoms with Gasteiger partial charge in [0.15, 0.2) is 5.78 Å². The highest BCUT2D eigenvalue weighted by Crippen LogP contribution is 2.29. The maximum absolute atomic E-state index is 12.3. The number of rotatable bonds is 1. The summed E-state index contributed by atoms with van der Waals surface area (Å²) >= 11 is 0. The summed E-state index contributed by atoms with van der Waals surface area (Å²) in [5, 5.41) is 0. The van der Waals surface area contributed by atoms with Gasteiger partial charge < -0.3 is 9.64 Å². The SMILES string of the molecule is CC1(C)CC(=O)CN1C(=O)C1CCOCC1. The molecule has 90 valence electrons. The summed E-state index contributed by atoms with van der Waals surface area (Å²) in [5.74, 6) is 0.364. The molecular formula is C12H19NO3. The minimum absolute atomic E-state index is 0.0546. The molecule has 0 spiro atoms. The number of likely N-dealkylation sites (tertiary alicyclic amines) is 1. The number of ketones is 1. The van der Waals surface area contributed by atoms with Crippen molar-refractivity contribution in [1.82, 2.24) is 4.90 Å². The average Bonchev–Trinajstić information content (AvgIpc) is 2.52. The Balaban J connectivity index is 2.06. The zero-order valence-electron chi connectivity index (χ0n) is 9.99. The van der Waals surface area contributed by atoms with Crippen molar-refractivity contribution in [2.45, 2.75) is 38.6 Å². The van der Waals surface area contributed by atoms with E-state index in [4.69, 9.17) is 4.74 Å². The van der Waals surface area contributed by atoms with E-state index in [-0.39, 0.29) is 23.1 Å². The van der Waals surface area contributed by atoms with Crippen LogP contribution in [-0.2, 0) is 14.3 Å². The predicted molar refractivity (Wildman–Crippen MR) is 59.0 cm³/mol. The molecule has 2 aliphatic heterocycles. The van der Waals surface area contributed by atoms with Crippen LogP contribution in [0.4, 0.5) is 0 Å². The number of carbonyl (C=O) groups is 2. The van der Waals surface area contributed by atoms with Crippen LogP contribution in [-0.4, -0.2) is 41.9 Å². The van der Waals surface area contributed by atoms with Crippen LogP contribution in [0, 0.1) is 5.92 Å². The van der Waals surface area contributed by atoms with Crippen molar-refractivity contribution < 1.29 is 14.3 Å². The fourth-order valence-corrected chi connectivity index (χ4v) is 2.57.